The van der Waals surface area contributed by atoms with Gasteiger partial charge in [-0.15, -0.1) is 11.6 Å². The van der Waals surface area contributed by atoms with E-state index in [0.717, 1.165) is 17.0 Å². The minimum absolute atomic E-state index is 0.353. The van der Waals surface area contributed by atoms with Crippen LogP contribution in [0, 0.1) is 0 Å². The van der Waals surface area contributed by atoms with Crippen LogP contribution < -0.4 is 9.47 Å². The smallest absolute Gasteiger partial charge is 0.232 e. The van der Waals surface area contributed by atoms with Crippen LogP contribution in [0.2, 0.25) is 0 Å². The van der Waals surface area contributed by atoms with Gasteiger partial charge in [-0.2, -0.15) is 0 Å². The van der Waals surface area contributed by atoms with Crippen molar-refractivity contribution in [2.75, 3.05) is 7.11 Å². The summed E-state index contributed by atoms with van der Waals surface area (Å²) in [6, 6.07) is 7.67. The summed E-state index contributed by atoms with van der Waals surface area (Å²) in [4.78, 5) is 8.20. The van der Waals surface area contributed by atoms with E-state index in [1.165, 1.54) is 0 Å². The van der Waals surface area contributed by atoms with E-state index in [-0.39, 0.29) is 0 Å². The number of nitrogens with zero attached hydrogens (tertiary/aromatic N) is 2. The van der Waals surface area contributed by atoms with Crippen LogP contribution in [-0.4, -0.2) is 17.1 Å². The lowest BCUT2D eigenvalue weighted by Gasteiger charge is -2.06. The van der Waals surface area contributed by atoms with Crippen molar-refractivity contribution in [3.8, 4) is 11.6 Å². The number of halogens is 1. The summed E-state index contributed by atoms with van der Waals surface area (Å²) >= 11 is 5.63. The third kappa shape index (κ3) is 3.34. The van der Waals surface area contributed by atoms with Crippen molar-refractivity contribution in [2.24, 2.45) is 0 Å². The van der Waals surface area contributed by atoms with E-state index in [9.17, 15) is 0 Å². The summed E-state index contributed by atoms with van der Waals surface area (Å²) in [7, 11) is 1.64. The number of methoxy groups -OCH3 is 1. The van der Waals surface area contributed by atoms with Gasteiger partial charge >= 0.3 is 0 Å². The molecule has 4 nitrogen and oxygen atoms in total. The summed E-state index contributed by atoms with van der Waals surface area (Å²) < 4.78 is 10.6. The first-order chi connectivity index (χ1) is 8.81. The molecule has 0 aliphatic heterocycles. The maximum absolute atomic E-state index is 5.63. The van der Waals surface area contributed by atoms with E-state index in [2.05, 4.69) is 9.97 Å². The Balaban J connectivity index is 1.93. The van der Waals surface area contributed by atoms with E-state index in [4.69, 9.17) is 21.1 Å². The third-order valence-corrected chi connectivity index (χ3v) is 2.64. The number of rotatable bonds is 5. The van der Waals surface area contributed by atoms with Crippen molar-refractivity contribution in [1.82, 2.24) is 9.97 Å². The van der Waals surface area contributed by atoms with Gasteiger partial charge in [-0.05, 0) is 17.7 Å². The van der Waals surface area contributed by atoms with E-state index in [1.54, 1.807) is 19.5 Å². The van der Waals surface area contributed by atoms with Gasteiger partial charge in [0.25, 0.3) is 0 Å². The topological polar surface area (TPSA) is 44.2 Å². The van der Waals surface area contributed by atoms with Crippen LogP contribution in [0.3, 0.4) is 0 Å². The van der Waals surface area contributed by atoms with E-state index < -0.39 is 0 Å². The molecule has 0 amide bonds. The van der Waals surface area contributed by atoms with Crippen molar-refractivity contribution in [3.05, 3.63) is 47.9 Å². The fraction of sp³-hybridized carbons (Fsp3) is 0.231. The Hall–Kier alpha value is -1.81. The Bertz CT molecular complexity index is 438. The molecule has 0 N–H and O–H groups in total. The molecule has 0 spiro atoms. The molecule has 0 saturated carbocycles. The van der Waals surface area contributed by atoms with E-state index >= 15 is 0 Å². The number of alkyl halides is 1. The first-order valence-electron chi connectivity index (χ1n) is 5.44. The summed E-state index contributed by atoms with van der Waals surface area (Å²) in [5.41, 5.74) is 1.77. The zero-order valence-corrected chi connectivity index (χ0v) is 10.7. The van der Waals surface area contributed by atoms with Crippen LogP contribution in [-0.2, 0) is 12.5 Å². The maximum Gasteiger partial charge on any atom is 0.232 e. The fourth-order valence-corrected chi connectivity index (χ4v) is 1.50. The fourth-order valence-electron chi connectivity index (χ4n) is 1.37. The average molecular weight is 265 g/mol. The Morgan fingerprint density at radius 1 is 1.11 bits per heavy atom. The van der Waals surface area contributed by atoms with Crippen LogP contribution in [0.5, 0.6) is 11.6 Å². The lowest BCUT2D eigenvalue weighted by molar-refractivity contribution is 0.292. The Labute approximate surface area is 111 Å². The number of aromatic nitrogens is 2. The van der Waals surface area contributed by atoms with Crippen LogP contribution in [0.15, 0.2) is 36.7 Å². The molecule has 0 saturated heterocycles. The predicted molar refractivity (Wildman–Crippen MR) is 68.9 cm³/mol. The lowest BCUT2D eigenvalue weighted by atomic mass is 10.2. The summed E-state index contributed by atoms with van der Waals surface area (Å²) in [5, 5.41) is 0. The monoisotopic (exact) mass is 264 g/mol. The zero-order chi connectivity index (χ0) is 12.8. The summed E-state index contributed by atoms with van der Waals surface area (Å²) in [6.45, 7) is 0.443. The molecule has 1 heterocycles. The Kier molecular flexibility index (Phi) is 4.36. The quantitative estimate of drug-likeness (QED) is 0.779. The highest BCUT2D eigenvalue weighted by molar-refractivity contribution is 6.16. The highest BCUT2D eigenvalue weighted by Gasteiger charge is 1.99. The van der Waals surface area contributed by atoms with E-state index in [0.29, 0.717) is 18.4 Å². The number of ether oxygens (including phenoxy) is 2. The van der Waals surface area contributed by atoms with Gasteiger partial charge in [0.2, 0.25) is 5.88 Å². The summed E-state index contributed by atoms with van der Waals surface area (Å²) in [6.07, 6.45) is 3.18. The Morgan fingerprint density at radius 2 is 1.89 bits per heavy atom. The van der Waals surface area contributed by atoms with Gasteiger partial charge in [0.1, 0.15) is 12.4 Å². The molecule has 2 aromatic rings. The second-order valence-corrected chi connectivity index (χ2v) is 3.88. The second-order valence-electron chi connectivity index (χ2n) is 3.62. The Morgan fingerprint density at radius 3 is 2.44 bits per heavy atom. The molecule has 0 bridgehead atoms. The standard InChI is InChI=1S/C13H13ClN2O2/c1-17-12-4-2-10(3-5-12)9-18-13-8-15-11(6-14)7-16-13/h2-5,7-8H,6,9H2,1H3. The van der Waals surface area contributed by atoms with Crippen LogP contribution in [0.25, 0.3) is 0 Å². The number of hydrogen-bond acceptors (Lipinski definition) is 4. The highest BCUT2D eigenvalue weighted by Crippen LogP contribution is 2.13. The first kappa shape index (κ1) is 12.6. The highest BCUT2D eigenvalue weighted by atomic mass is 35.5. The molecule has 1 aromatic heterocycles. The molecule has 0 radical (unpaired) electrons. The molecule has 0 unspecified atom stereocenters. The second kappa shape index (κ2) is 6.21. The molecular weight excluding hydrogens is 252 g/mol. The van der Waals surface area contributed by atoms with Gasteiger partial charge in [-0.25, -0.2) is 4.98 Å². The molecule has 5 heteroatoms. The van der Waals surface area contributed by atoms with Gasteiger partial charge in [-0.3, -0.25) is 4.98 Å². The molecular formula is C13H13ClN2O2. The molecule has 0 aliphatic carbocycles. The zero-order valence-electron chi connectivity index (χ0n) is 9.97. The molecule has 0 atom stereocenters. The van der Waals surface area contributed by atoms with Crippen molar-refractivity contribution >= 4 is 11.6 Å². The van der Waals surface area contributed by atoms with Gasteiger partial charge in [0, 0.05) is 0 Å². The minimum atomic E-state index is 0.353. The van der Waals surface area contributed by atoms with Crippen molar-refractivity contribution in [3.63, 3.8) is 0 Å². The molecule has 94 valence electrons. The van der Waals surface area contributed by atoms with Crippen LogP contribution in [0.4, 0.5) is 0 Å². The van der Waals surface area contributed by atoms with Crippen LogP contribution >= 0.6 is 11.6 Å². The lowest BCUT2D eigenvalue weighted by Crippen LogP contribution is -1.98. The normalized spacial score (nSPS) is 10.1. The molecule has 0 fully saturated rings. The van der Waals surface area contributed by atoms with Gasteiger partial charge in [-0.1, -0.05) is 12.1 Å². The van der Waals surface area contributed by atoms with Gasteiger partial charge in [0.15, 0.2) is 0 Å². The van der Waals surface area contributed by atoms with Gasteiger partial charge < -0.3 is 9.47 Å². The largest absolute Gasteiger partial charge is 0.497 e. The SMILES string of the molecule is COc1ccc(COc2cnc(CCl)cn2)cc1. The molecule has 18 heavy (non-hydrogen) atoms. The third-order valence-electron chi connectivity index (χ3n) is 2.36. The number of benzene rings is 1. The van der Waals surface area contributed by atoms with Gasteiger partial charge in [0.05, 0.1) is 31.1 Å². The maximum atomic E-state index is 5.63. The van der Waals surface area contributed by atoms with Crippen molar-refractivity contribution < 1.29 is 9.47 Å². The summed E-state index contributed by atoms with van der Waals surface area (Å²) in [5.74, 6) is 1.66. The number of hydrogen-bond donors (Lipinski definition) is 0. The molecule has 1 aromatic carbocycles. The van der Waals surface area contributed by atoms with Crippen molar-refractivity contribution in [2.45, 2.75) is 12.5 Å². The predicted octanol–water partition coefficient (Wildman–Crippen LogP) is 2.80. The van der Waals surface area contributed by atoms with Crippen molar-refractivity contribution in [1.29, 1.82) is 0 Å². The average Bonchev–Trinajstić information content (AvgIpc) is 2.46. The first-order valence-corrected chi connectivity index (χ1v) is 5.98. The van der Waals surface area contributed by atoms with Crippen LogP contribution in [0.1, 0.15) is 11.3 Å². The molecule has 2 rings (SSSR count). The minimum Gasteiger partial charge on any atom is -0.497 e. The molecule has 0 aliphatic rings. The van der Waals surface area contributed by atoms with E-state index in [1.807, 2.05) is 24.3 Å².